The van der Waals surface area contributed by atoms with Gasteiger partial charge in [-0.1, -0.05) is 67.9 Å². The normalized spacial score (nSPS) is 13.9. The molecular weight excluding hydrogens is 276 g/mol. The summed E-state index contributed by atoms with van der Waals surface area (Å²) in [6.45, 7) is 4.65. The number of benzene rings is 2. The molecule has 2 aromatic carbocycles. The van der Waals surface area contributed by atoms with Crippen molar-refractivity contribution in [2.75, 3.05) is 0 Å². The van der Waals surface area contributed by atoms with Crippen LogP contribution in [0, 0.1) is 5.92 Å². The fourth-order valence-corrected chi connectivity index (χ4v) is 3.38. The molecule has 2 rings (SSSR count). The first kappa shape index (κ1) is 16.1. The fourth-order valence-electron chi connectivity index (χ4n) is 3.18. The first-order valence-electron chi connectivity index (χ1n) is 8.00. The van der Waals surface area contributed by atoms with E-state index in [0.29, 0.717) is 11.8 Å². The van der Waals surface area contributed by atoms with Crippen LogP contribution in [-0.2, 0) is 6.42 Å². The van der Waals surface area contributed by atoms with Crippen molar-refractivity contribution in [1.82, 2.24) is 0 Å². The van der Waals surface area contributed by atoms with Gasteiger partial charge in [0.2, 0.25) is 0 Å². The molecular formula is C20H25Cl. The van der Waals surface area contributed by atoms with Crippen molar-refractivity contribution in [2.24, 2.45) is 5.92 Å². The Morgan fingerprint density at radius 3 is 2.43 bits per heavy atom. The zero-order valence-corrected chi connectivity index (χ0v) is 13.8. The van der Waals surface area contributed by atoms with Gasteiger partial charge in [0.25, 0.3) is 0 Å². The monoisotopic (exact) mass is 300 g/mol. The minimum atomic E-state index is 0.611. The molecule has 2 unspecified atom stereocenters. The van der Waals surface area contributed by atoms with Crippen molar-refractivity contribution in [3.8, 4) is 0 Å². The summed E-state index contributed by atoms with van der Waals surface area (Å²) >= 11 is 6.13. The van der Waals surface area contributed by atoms with E-state index in [9.17, 15) is 0 Å². The van der Waals surface area contributed by atoms with Gasteiger partial charge in [-0.25, -0.2) is 0 Å². The Hall–Kier alpha value is -1.27. The highest BCUT2D eigenvalue weighted by atomic mass is 35.5. The molecule has 0 heterocycles. The van der Waals surface area contributed by atoms with E-state index >= 15 is 0 Å². The number of aryl methyl sites for hydroxylation is 1. The van der Waals surface area contributed by atoms with E-state index in [1.807, 2.05) is 6.07 Å². The maximum absolute atomic E-state index is 6.13. The lowest BCUT2D eigenvalue weighted by Crippen LogP contribution is -2.09. The molecule has 21 heavy (non-hydrogen) atoms. The molecule has 0 N–H and O–H groups in total. The topological polar surface area (TPSA) is 0 Å². The molecule has 0 aliphatic carbocycles. The maximum Gasteiger partial charge on any atom is 0.0408 e. The third kappa shape index (κ3) is 4.89. The van der Waals surface area contributed by atoms with E-state index in [1.165, 1.54) is 36.8 Å². The molecule has 1 heteroatoms. The first-order valence-corrected chi connectivity index (χ1v) is 8.38. The summed E-state index contributed by atoms with van der Waals surface area (Å²) in [6.07, 6.45) is 4.87. The largest absolute Gasteiger partial charge is 0.0843 e. The predicted molar refractivity (Wildman–Crippen MR) is 93.0 cm³/mol. The van der Waals surface area contributed by atoms with Crippen LogP contribution < -0.4 is 0 Å². The van der Waals surface area contributed by atoms with Crippen molar-refractivity contribution in [3.63, 3.8) is 0 Å². The molecule has 0 saturated carbocycles. The zero-order valence-electron chi connectivity index (χ0n) is 13.1. The summed E-state index contributed by atoms with van der Waals surface area (Å²) < 4.78 is 0. The van der Waals surface area contributed by atoms with Gasteiger partial charge in [0.05, 0.1) is 0 Å². The molecule has 2 atom stereocenters. The second kappa shape index (κ2) is 8.24. The Morgan fingerprint density at radius 2 is 1.76 bits per heavy atom. The lowest BCUT2D eigenvalue weighted by atomic mass is 9.82. The van der Waals surface area contributed by atoms with Gasteiger partial charge in [0.15, 0.2) is 0 Å². The van der Waals surface area contributed by atoms with E-state index in [1.54, 1.807) is 0 Å². The Kier molecular flexibility index (Phi) is 6.32. The molecule has 0 spiro atoms. The Labute approximate surface area is 134 Å². The fraction of sp³-hybridized carbons (Fsp3) is 0.400. The summed E-state index contributed by atoms with van der Waals surface area (Å²) in [6, 6.07) is 19.1. The van der Waals surface area contributed by atoms with Crippen LogP contribution in [0.5, 0.6) is 0 Å². The molecule has 2 aromatic rings. The second-order valence-electron chi connectivity index (χ2n) is 5.92. The van der Waals surface area contributed by atoms with Gasteiger partial charge in [0, 0.05) is 5.02 Å². The van der Waals surface area contributed by atoms with Crippen LogP contribution in [-0.4, -0.2) is 0 Å². The molecule has 0 fully saturated rings. The van der Waals surface area contributed by atoms with Gasteiger partial charge in [-0.05, 0) is 60.8 Å². The van der Waals surface area contributed by atoms with Crippen molar-refractivity contribution < 1.29 is 0 Å². The minimum absolute atomic E-state index is 0.611. The van der Waals surface area contributed by atoms with Gasteiger partial charge in [-0.2, -0.15) is 0 Å². The van der Waals surface area contributed by atoms with Gasteiger partial charge in [0.1, 0.15) is 0 Å². The summed E-state index contributed by atoms with van der Waals surface area (Å²) in [5.41, 5.74) is 2.83. The standard InChI is InChI=1S/C20H25Cl/c1-3-20(18-13-8-14-19(21)15-18)16(2)9-7-12-17-10-5-4-6-11-17/h4-6,8,10-11,13-16,20H,3,7,9,12H2,1-2H3. The average Bonchev–Trinajstić information content (AvgIpc) is 2.49. The summed E-state index contributed by atoms with van der Waals surface area (Å²) in [5, 5.41) is 0.849. The van der Waals surface area contributed by atoms with E-state index < -0.39 is 0 Å². The van der Waals surface area contributed by atoms with E-state index in [0.717, 1.165) is 5.02 Å². The van der Waals surface area contributed by atoms with E-state index in [4.69, 9.17) is 11.6 Å². The third-order valence-electron chi connectivity index (χ3n) is 4.37. The van der Waals surface area contributed by atoms with Crippen LogP contribution in [0.2, 0.25) is 5.02 Å². The number of rotatable bonds is 7. The molecule has 0 amide bonds. The first-order chi connectivity index (χ1) is 10.2. The smallest absolute Gasteiger partial charge is 0.0408 e. The highest BCUT2D eigenvalue weighted by Gasteiger charge is 2.17. The van der Waals surface area contributed by atoms with E-state index in [-0.39, 0.29) is 0 Å². The lowest BCUT2D eigenvalue weighted by Gasteiger charge is -2.23. The molecule has 0 nitrogen and oxygen atoms in total. The Balaban J connectivity index is 1.90. The third-order valence-corrected chi connectivity index (χ3v) is 4.61. The molecule has 112 valence electrons. The SMILES string of the molecule is CCC(c1cccc(Cl)c1)C(C)CCCc1ccccc1. The summed E-state index contributed by atoms with van der Waals surface area (Å²) in [4.78, 5) is 0. The van der Waals surface area contributed by atoms with Crippen LogP contribution in [0.1, 0.15) is 50.2 Å². The molecule has 0 saturated heterocycles. The van der Waals surface area contributed by atoms with Crippen LogP contribution >= 0.6 is 11.6 Å². The zero-order chi connectivity index (χ0) is 15.1. The van der Waals surface area contributed by atoms with Crippen LogP contribution in [0.4, 0.5) is 0 Å². The molecule has 0 aliphatic heterocycles. The highest BCUT2D eigenvalue weighted by molar-refractivity contribution is 6.30. The molecule has 0 aromatic heterocycles. The Morgan fingerprint density at radius 1 is 1.00 bits per heavy atom. The van der Waals surface area contributed by atoms with Gasteiger partial charge in [-0.15, -0.1) is 0 Å². The quantitative estimate of drug-likeness (QED) is 0.548. The van der Waals surface area contributed by atoms with Crippen LogP contribution in [0.3, 0.4) is 0 Å². The van der Waals surface area contributed by atoms with Crippen LogP contribution in [0.15, 0.2) is 54.6 Å². The van der Waals surface area contributed by atoms with Crippen molar-refractivity contribution in [3.05, 3.63) is 70.7 Å². The maximum atomic E-state index is 6.13. The Bertz CT molecular complexity index is 533. The van der Waals surface area contributed by atoms with Crippen molar-refractivity contribution >= 4 is 11.6 Å². The lowest BCUT2D eigenvalue weighted by molar-refractivity contribution is 0.408. The average molecular weight is 301 g/mol. The predicted octanol–water partition coefficient (Wildman–Crippen LogP) is 6.49. The summed E-state index contributed by atoms with van der Waals surface area (Å²) in [7, 11) is 0. The van der Waals surface area contributed by atoms with E-state index in [2.05, 4.69) is 62.4 Å². The van der Waals surface area contributed by atoms with Crippen molar-refractivity contribution in [2.45, 2.75) is 45.4 Å². The second-order valence-corrected chi connectivity index (χ2v) is 6.36. The van der Waals surface area contributed by atoms with Gasteiger partial charge < -0.3 is 0 Å². The van der Waals surface area contributed by atoms with Gasteiger partial charge >= 0.3 is 0 Å². The number of hydrogen-bond donors (Lipinski definition) is 0. The molecule has 0 radical (unpaired) electrons. The summed E-state index contributed by atoms with van der Waals surface area (Å²) in [5.74, 6) is 1.30. The van der Waals surface area contributed by atoms with Gasteiger partial charge in [-0.3, -0.25) is 0 Å². The van der Waals surface area contributed by atoms with Crippen LogP contribution in [0.25, 0.3) is 0 Å². The van der Waals surface area contributed by atoms with Crippen molar-refractivity contribution in [1.29, 1.82) is 0 Å². The molecule has 0 bridgehead atoms. The molecule has 0 aliphatic rings. The minimum Gasteiger partial charge on any atom is -0.0843 e. The highest BCUT2D eigenvalue weighted by Crippen LogP contribution is 2.32. The number of hydrogen-bond acceptors (Lipinski definition) is 0. The number of halogens is 1.